The van der Waals surface area contributed by atoms with Gasteiger partial charge in [0.15, 0.2) is 0 Å². The van der Waals surface area contributed by atoms with Crippen LogP contribution in [0, 0.1) is 5.92 Å². The predicted molar refractivity (Wildman–Crippen MR) is 56.0 cm³/mol. The maximum atomic E-state index is 5.50. The molecule has 0 aliphatic carbocycles. The van der Waals surface area contributed by atoms with Crippen molar-refractivity contribution in [3.63, 3.8) is 0 Å². The van der Waals surface area contributed by atoms with Crippen LogP contribution in [0.4, 0.5) is 11.9 Å². The van der Waals surface area contributed by atoms with Crippen molar-refractivity contribution in [2.45, 2.75) is 26.2 Å². The lowest BCUT2D eigenvalue weighted by atomic mass is 9.96. The van der Waals surface area contributed by atoms with Gasteiger partial charge >= 0.3 is 0 Å². The van der Waals surface area contributed by atoms with Gasteiger partial charge < -0.3 is 10.6 Å². The Morgan fingerprint density at radius 1 is 1.64 bits per heavy atom. The molecule has 5 heteroatoms. The first-order valence-electron chi connectivity index (χ1n) is 5.22. The summed E-state index contributed by atoms with van der Waals surface area (Å²) >= 11 is 0. The van der Waals surface area contributed by atoms with Gasteiger partial charge in [-0.2, -0.15) is 4.98 Å². The van der Waals surface area contributed by atoms with Crippen LogP contribution in [-0.4, -0.2) is 28.3 Å². The van der Waals surface area contributed by atoms with Crippen LogP contribution >= 0.6 is 0 Å². The standard InChI is InChI=1S/C9H17N5/c1-2-7-4-3-5-14(6-7)9-11-8(10)12-13-9/h7H,2-6H2,1H3,(H3,10,11,12,13). The van der Waals surface area contributed by atoms with Crippen LogP contribution in [0.5, 0.6) is 0 Å². The van der Waals surface area contributed by atoms with Crippen LogP contribution in [0.1, 0.15) is 26.2 Å². The highest BCUT2D eigenvalue weighted by Gasteiger charge is 2.20. The number of nitrogens with two attached hydrogens (primary N) is 1. The molecule has 1 aromatic rings. The van der Waals surface area contributed by atoms with Crippen molar-refractivity contribution in [3.8, 4) is 0 Å². The minimum Gasteiger partial charge on any atom is -0.368 e. The Balaban J connectivity index is 2.04. The number of hydrogen-bond donors (Lipinski definition) is 2. The molecule has 0 amide bonds. The molecule has 2 rings (SSSR count). The maximum Gasteiger partial charge on any atom is 0.246 e. The molecular weight excluding hydrogens is 178 g/mol. The zero-order chi connectivity index (χ0) is 9.97. The Labute approximate surface area is 83.7 Å². The van der Waals surface area contributed by atoms with E-state index in [4.69, 9.17) is 5.73 Å². The van der Waals surface area contributed by atoms with Gasteiger partial charge in [0.1, 0.15) is 0 Å². The molecule has 0 saturated carbocycles. The molecule has 1 aromatic heterocycles. The number of aromatic nitrogens is 3. The van der Waals surface area contributed by atoms with Gasteiger partial charge in [-0.25, -0.2) is 5.10 Å². The third-order valence-electron chi connectivity index (χ3n) is 2.87. The molecule has 1 aliphatic heterocycles. The average molecular weight is 195 g/mol. The van der Waals surface area contributed by atoms with Gasteiger partial charge in [-0.15, -0.1) is 5.10 Å². The topological polar surface area (TPSA) is 70.8 Å². The summed E-state index contributed by atoms with van der Waals surface area (Å²) in [6.07, 6.45) is 3.79. The molecule has 0 aromatic carbocycles. The fourth-order valence-electron chi connectivity index (χ4n) is 1.99. The first-order chi connectivity index (χ1) is 6.79. The van der Waals surface area contributed by atoms with Gasteiger partial charge in [0.25, 0.3) is 0 Å². The van der Waals surface area contributed by atoms with E-state index >= 15 is 0 Å². The predicted octanol–water partition coefficient (Wildman–Crippen LogP) is 1.01. The molecule has 2 heterocycles. The number of nitrogens with one attached hydrogen (secondary N) is 1. The van der Waals surface area contributed by atoms with Gasteiger partial charge in [0.2, 0.25) is 11.9 Å². The highest BCUT2D eigenvalue weighted by Crippen LogP contribution is 2.22. The molecule has 78 valence electrons. The molecule has 1 aliphatic rings. The summed E-state index contributed by atoms with van der Waals surface area (Å²) in [6.45, 7) is 4.35. The van der Waals surface area contributed by atoms with E-state index in [9.17, 15) is 0 Å². The van der Waals surface area contributed by atoms with Crippen molar-refractivity contribution < 1.29 is 0 Å². The Hall–Kier alpha value is -1.26. The summed E-state index contributed by atoms with van der Waals surface area (Å²) in [5.41, 5.74) is 5.50. The van der Waals surface area contributed by atoms with Crippen LogP contribution < -0.4 is 10.6 Å². The van der Waals surface area contributed by atoms with E-state index in [1.165, 1.54) is 19.3 Å². The molecule has 3 N–H and O–H groups in total. The summed E-state index contributed by atoms with van der Waals surface area (Å²) in [4.78, 5) is 6.35. The molecule has 5 nitrogen and oxygen atoms in total. The number of nitrogens with zero attached hydrogens (tertiary/aromatic N) is 3. The maximum absolute atomic E-state index is 5.50. The highest BCUT2D eigenvalue weighted by molar-refractivity contribution is 5.34. The van der Waals surface area contributed by atoms with Gasteiger partial charge in [0.05, 0.1) is 0 Å². The normalized spacial score (nSPS) is 22.6. The Kier molecular flexibility index (Phi) is 2.56. The van der Waals surface area contributed by atoms with Gasteiger partial charge in [0, 0.05) is 13.1 Å². The monoisotopic (exact) mass is 195 g/mol. The van der Waals surface area contributed by atoms with Crippen LogP contribution in [-0.2, 0) is 0 Å². The Bertz CT molecular complexity index is 295. The van der Waals surface area contributed by atoms with Crippen LogP contribution in [0.2, 0.25) is 0 Å². The lowest BCUT2D eigenvalue weighted by molar-refractivity contribution is 0.401. The Morgan fingerprint density at radius 2 is 2.50 bits per heavy atom. The van der Waals surface area contributed by atoms with E-state index in [1.807, 2.05) is 0 Å². The lowest BCUT2D eigenvalue weighted by Crippen LogP contribution is -2.35. The van der Waals surface area contributed by atoms with E-state index in [1.54, 1.807) is 0 Å². The van der Waals surface area contributed by atoms with Crippen molar-refractivity contribution in [3.05, 3.63) is 0 Å². The van der Waals surface area contributed by atoms with Gasteiger partial charge in [-0.05, 0) is 18.8 Å². The molecule has 0 radical (unpaired) electrons. The van der Waals surface area contributed by atoms with E-state index in [0.717, 1.165) is 25.0 Å². The quantitative estimate of drug-likeness (QED) is 0.739. The fraction of sp³-hybridized carbons (Fsp3) is 0.778. The van der Waals surface area contributed by atoms with E-state index in [2.05, 4.69) is 27.0 Å². The molecule has 0 spiro atoms. The summed E-state index contributed by atoms with van der Waals surface area (Å²) in [5, 5.41) is 6.75. The zero-order valence-corrected chi connectivity index (χ0v) is 8.53. The van der Waals surface area contributed by atoms with Crippen molar-refractivity contribution in [2.24, 2.45) is 5.92 Å². The number of H-pyrrole nitrogens is 1. The second-order valence-corrected chi connectivity index (χ2v) is 3.88. The first kappa shape index (κ1) is 9.30. The highest BCUT2D eigenvalue weighted by atomic mass is 15.4. The minimum absolute atomic E-state index is 0.402. The van der Waals surface area contributed by atoms with E-state index < -0.39 is 0 Å². The molecule has 1 atom stereocenters. The fourth-order valence-corrected chi connectivity index (χ4v) is 1.99. The molecular formula is C9H17N5. The molecule has 14 heavy (non-hydrogen) atoms. The summed E-state index contributed by atoms with van der Waals surface area (Å²) in [5.74, 6) is 1.93. The number of anilines is 2. The van der Waals surface area contributed by atoms with Crippen LogP contribution in [0.15, 0.2) is 0 Å². The molecule has 1 unspecified atom stereocenters. The summed E-state index contributed by atoms with van der Waals surface area (Å²) in [6, 6.07) is 0. The average Bonchev–Trinajstić information content (AvgIpc) is 2.65. The number of aromatic amines is 1. The second-order valence-electron chi connectivity index (χ2n) is 3.88. The third kappa shape index (κ3) is 1.81. The second kappa shape index (κ2) is 3.86. The van der Waals surface area contributed by atoms with Crippen LogP contribution in [0.25, 0.3) is 0 Å². The minimum atomic E-state index is 0.402. The largest absolute Gasteiger partial charge is 0.368 e. The van der Waals surface area contributed by atoms with Crippen molar-refractivity contribution in [1.82, 2.24) is 15.2 Å². The number of nitrogen functional groups attached to an aromatic ring is 1. The van der Waals surface area contributed by atoms with Crippen molar-refractivity contribution in [1.29, 1.82) is 0 Å². The van der Waals surface area contributed by atoms with Crippen LogP contribution in [0.3, 0.4) is 0 Å². The molecule has 0 bridgehead atoms. The summed E-state index contributed by atoms with van der Waals surface area (Å²) in [7, 11) is 0. The van der Waals surface area contributed by atoms with E-state index in [0.29, 0.717) is 5.95 Å². The lowest BCUT2D eigenvalue weighted by Gasteiger charge is -2.31. The summed E-state index contributed by atoms with van der Waals surface area (Å²) < 4.78 is 0. The SMILES string of the molecule is CCC1CCCN(c2n[nH]c(N)n2)C1. The smallest absolute Gasteiger partial charge is 0.246 e. The Morgan fingerprint density at radius 3 is 3.14 bits per heavy atom. The molecule has 1 fully saturated rings. The van der Waals surface area contributed by atoms with Gasteiger partial charge in [-0.3, -0.25) is 0 Å². The van der Waals surface area contributed by atoms with Crippen molar-refractivity contribution >= 4 is 11.9 Å². The number of rotatable bonds is 2. The van der Waals surface area contributed by atoms with E-state index in [-0.39, 0.29) is 0 Å². The zero-order valence-electron chi connectivity index (χ0n) is 8.53. The van der Waals surface area contributed by atoms with Gasteiger partial charge in [-0.1, -0.05) is 13.3 Å². The van der Waals surface area contributed by atoms with Crippen molar-refractivity contribution in [2.75, 3.05) is 23.7 Å². The number of hydrogen-bond acceptors (Lipinski definition) is 4. The first-order valence-corrected chi connectivity index (χ1v) is 5.22. The molecule has 1 saturated heterocycles. The third-order valence-corrected chi connectivity index (χ3v) is 2.87. The number of piperidine rings is 1.